The minimum absolute atomic E-state index is 0.296. The zero-order valence-electron chi connectivity index (χ0n) is 9.56. The summed E-state index contributed by atoms with van der Waals surface area (Å²) in [5.74, 6) is 0.958. The molecule has 0 saturated carbocycles. The van der Waals surface area contributed by atoms with E-state index in [-0.39, 0.29) is 0 Å². The van der Waals surface area contributed by atoms with Crippen molar-refractivity contribution >= 4 is 0 Å². The van der Waals surface area contributed by atoms with Gasteiger partial charge in [0.2, 0.25) is 0 Å². The number of benzene rings is 1. The first kappa shape index (κ1) is 11.2. The van der Waals surface area contributed by atoms with Crippen LogP contribution in [0.1, 0.15) is 25.7 Å². The van der Waals surface area contributed by atoms with Crippen LogP contribution in [0.3, 0.4) is 0 Å². The predicted molar refractivity (Wildman–Crippen MR) is 66.5 cm³/mol. The first-order chi connectivity index (χ1) is 7.84. The highest BCUT2D eigenvalue weighted by Gasteiger charge is 2.10. The standard InChI is InChI=1S/C14H19NO/c15-13-9-8-12(11-13)5-4-10-16-14-6-2-1-3-7-14/h1-3,6-7,11,13H,4-5,8-10,15H2. The molecule has 2 heteroatoms. The fourth-order valence-corrected chi connectivity index (χ4v) is 2.04. The van der Waals surface area contributed by atoms with Gasteiger partial charge in [-0.2, -0.15) is 0 Å². The molecule has 0 spiro atoms. The van der Waals surface area contributed by atoms with Gasteiger partial charge in [0, 0.05) is 6.04 Å². The van der Waals surface area contributed by atoms with Crippen molar-refractivity contribution in [2.45, 2.75) is 31.7 Å². The SMILES string of the molecule is NC1C=C(CCCOc2ccccc2)CC1. The zero-order chi connectivity index (χ0) is 11.2. The summed E-state index contributed by atoms with van der Waals surface area (Å²) in [5.41, 5.74) is 7.32. The highest BCUT2D eigenvalue weighted by molar-refractivity contribution is 5.20. The Balaban J connectivity index is 1.64. The van der Waals surface area contributed by atoms with Crippen molar-refractivity contribution in [3.05, 3.63) is 42.0 Å². The lowest BCUT2D eigenvalue weighted by atomic mass is 10.1. The van der Waals surface area contributed by atoms with E-state index in [9.17, 15) is 0 Å². The second kappa shape index (κ2) is 5.71. The maximum absolute atomic E-state index is 5.81. The summed E-state index contributed by atoms with van der Waals surface area (Å²) in [6.07, 6.45) is 6.71. The van der Waals surface area contributed by atoms with Crippen LogP contribution in [0.2, 0.25) is 0 Å². The molecule has 0 radical (unpaired) electrons. The predicted octanol–water partition coefficient (Wildman–Crippen LogP) is 2.89. The Morgan fingerprint density at radius 1 is 1.25 bits per heavy atom. The Morgan fingerprint density at radius 3 is 2.75 bits per heavy atom. The van der Waals surface area contributed by atoms with Crippen molar-refractivity contribution in [3.63, 3.8) is 0 Å². The molecular formula is C14H19NO. The van der Waals surface area contributed by atoms with Crippen LogP contribution in [0.25, 0.3) is 0 Å². The largest absolute Gasteiger partial charge is 0.494 e. The maximum Gasteiger partial charge on any atom is 0.119 e. The fraction of sp³-hybridized carbons (Fsp3) is 0.429. The Kier molecular flexibility index (Phi) is 4.00. The molecular weight excluding hydrogens is 198 g/mol. The van der Waals surface area contributed by atoms with Crippen molar-refractivity contribution in [1.29, 1.82) is 0 Å². The van der Waals surface area contributed by atoms with Gasteiger partial charge in [-0.25, -0.2) is 0 Å². The molecule has 1 aromatic carbocycles. The third kappa shape index (κ3) is 3.38. The van der Waals surface area contributed by atoms with Crippen molar-refractivity contribution in [1.82, 2.24) is 0 Å². The van der Waals surface area contributed by atoms with Gasteiger partial charge >= 0.3 is 0 Å². The average Bonchev–Trinajstić information content (AvgIpc) is 2.72. The first-order valence-electron chi connectivity index (χ1n) is 5.97. The molecule has 86 valence electrons. The van der Waals surface area contributed by atoms with Crippen LogP contribution in [-0.2, 0) is 0 Å². The number of para-hydroxylation sites is 1. The molecule has 2 N–H and O–H groups in total. The smallest absolute Gasteiger partial charge is 0.119 e. The van der Waals surface area contributed by atoms with Crippen LogP contribution in [-0.4, -0.2) is 12.6 Å². The zero-order valence-corrected chi connectivity index (χ0v) is 9.56. The number of hydrogen-bond donors (Lipinski definition) is 1. The quantitative estimate of drug-likeness (QED) is 0.608. The molecule has 0 bridgehead atoms. The summed E-state index contributed by atoms with van der Waals surface area (Å²) in [6, 6.07) is 10.3. The van der Waals surface area contributed by atoms with Gasteiger partial charge < -0.3 is 10.5 Å². The summed E-state index contributed by atoms with van der Waals surface area (Å²) in [6.45, 7) is 0.788. The fourth-order valence-electron chi connectivity index (χ4n) is 2.04. The maximum atomic E-state index is 5.81. The van der Waals surface area contributed by atoms with E-state index >= 15 is 0 Å². The Bertz CT molecular complexity index is 345. The lowest BCUT2D eigenvalue weighted by Gasteiger charge is -2.05. The molecule has 1 unspecified atom stereocenters. The van der Waals surface area contributed by atoms with Crippen molar-refractivity contribution < 1.29 is 4.74 Å². The van der Waals surface area contributed by atoms with E-state index in [1.807, 2.05) is 30.3 Å². The molecule has 0 aromatic heterocycles. The summed E-state index contributed by atoms with van der Waals surface area (Å²) < 4.78 is 5.63. The normalized spacial score (nSPS) is 19.6. The lowest BCUT2D eigenvalue weighted by Crippen LogP contribution is -2.11. The number of rotatable bonds is 5. The molecule has 1 aliphatic rings. The van der Waals surface area contributed by atoms with Crippen LogP contribution >= 0.6 is 0 Å². The molecule has 1 aromatic rings. The third-order valence-electron chi connectivity index (χ3n) is 2.90. The number of hydrogen-bond acceptors (Lipinski definition) is 2. The molecule has 2 nitrogen and oxygen atoms in total. The molecule has 2 rings (SSSR count). The van der Waals surface area contributed by atoms with Crippen LogP contribution in [0.5, 0.6) is 5.75 Å². The van der Waals surface area contributed by atoms with Gasteiger partial charge in [0.05, 0.1) is 6.61 Å². The number of allylic oxidation sites excluding steroid dienone is 1. The summed E-state index contributed by atoms with van der Waals surface area (Å²) >= 11 is 0. The minimum atomic E-state index is 0.296. The van der Waals surface area contributed by atoms with E-state index in [1.165, 1.54) is 12.0 Å². The Hall–Kier alpha value is -1.28. The van der Waals surface area contributed by atoms with Gasteiger partial charge in [-0.15, -0.1) is 0 Å². The highest BCUT2D eigenvalue weighted by Crippen LogP contribution is 2.21. The molecule has 0 heterocycles. The first-order valence-corrected chi connectivity index (χ1v) is 5.97. The molecule has 16 heavy (non-hydrogen) atoms. The number of ether oxygens (including phenoxy) is 1. The Morgan fingerprint density at radius 2 is 2.06 bits per heavy atom. The van der Waals surface area contributed by atoms with E-state index in [0.29, 0.717) is 6.04 Å². The van der Waals surface area contributed by atoms with Crippen molar-refractivity contribution in [2.75, 3.05) is 6.61 Å². The topological polar surface area (TPSA) is 35.2 Å². The van der Waals surface area contributed by atoms with Crippen LogP contribution < -0.4 is 10.5 Å². The van der Waals surface area contributed by atoms with E-state index in [1.54, 1.807) is 0 Å². The van der Waals surface area contributed by atoms with Crippen LogP contribution in [0.4, 0.5) is 0 Å². The van der Waals surface area contributed by atoms with Crippen molar-refractivity contribution in [2.24, 2.45) is 5.73 Å². The third-order valence-corrected chi connectivity index (χ3v) is 2.90. The van der Waals surface area contributed by atoms with E-state index < -0.39 is 0 Å². The average molecular weight is 217 g/mol. The van der Waals surface area contributed by atoms with Gasteiger partial charge in [-0.1, -0.05) is 29.8 Å². The summed E-state index contributed by atoms with van der Waals surface area (Å²) in [7, 11) is 0. The van der Waals surface area contributed by atoms with Crippen LogP contribution in [0, 0.1) is 0 Å². The summed E-state index contributed by atoms with van der Waals surface area (Å²) in [4.78, 5) is 0. The van der Waals surface area contributed by atoms with Gasteiger partial charge in [0.1, 0.15) is 5.75 Å². The summed E-state index contributed by atoms with van der Waals surface area (Å²) in [5, 5.41) is 0. The van der Waals surface area contributed by atoms with Gasteiger partial charge in [0.15, 0.2) is 0 Å². The number of nitrogens with two attached hydrogens (primary N) is 1. The van der Waals surface area contributed by atoms with Gasteiger partial charge in [-0.3, -0.25) is 0 Å². The lowest BCUT2D eigenvalue weighted by molar-refractivity contribution is 0.310. The highest BCUT2D eigenvalue weighted by atomic mass is 16.5. The molecule has 1 aliphatic carbocycles. The van der Waals surface area contributed by atoms with Gasteiger partial charge in [0.25, 0.3) is 0 Å². The van der Waals surface area contributed by atoms with Crippen molar-refractivity contribution in [3.8, 4) is 5.75 Å². The molecule has 0 saturated heterocycles. The van der Waals surface area contributed by atoms with E-state index in [4.69, 9.17) is 10.5 Å². The Labute approximate surface area is 97.1 Å². The second-order valence-electron chi connectivity index (χ2n) is 4.29. The molecule has 1 atom stereocenters. The molecule has 0 aliphatic heterocycles. The van der Waals surface area contributed by atoms with Gasteiger partial charge in [-0.05, 0) is 37.8 Å². The molecule has 0 fully saturated rings. The minimum Gasteiger partial charge on any atom is -0.494 e. The van der Waals surface area contributed by atoms with E-state index in [2.05, 4.69) is 6.08 Å². The second-order valence-corrected chi connectivity index (χ2v) is 4.29. The van der Waals surface area contributed by atoms with Crippen LogP contribution in [0.15, 0.2) is 42.0 Å². The molecule has 0 amide bonds. The monoisotopic (exact) mass is 217 g/mol. The van der Waals surface area contributed by atoms with E-state index in [0.717, 1.165) is 31.6 Å².